The van der Waals surface area contributed by atoms with Crippen molar-refractivity contribution in [2.45, 2.75) is 37.8 Å². The second-order valence-corrected chi connectivity index (χ2v) is 10.7. The Balaban J connectivity index is 1.34. The number of benzene rings is 4. The van der Waals surface area contributed by atoms with E-state index in [0.29, 0.717) is 6.79 Å². The molecule has 0 aliphatic carbocycles. The smallest absolute Gasteiger partial charge is 0.231 e. The molecule has 0 bridgehead atoms. The van der Waals surface area contributed by atoms with Crippen molar-refractivity contribution < 1.29 is 18.9 Å². The number of methoxy groups -OCH3 is 2. The minimum absolute atomic E-state index is 0.248. The second-order valence-electron chi connectivity index (χ2n) is 10.3. The van der Waals surface area contributed by atoms with E-state index in [-0.39, 0.29) is 12.0 Å². The molecule has 0 N–H and O–H groups in total. The van der Waals surface area contributed by atoms with Gasteiger partial charge in [0.1, 0.15) is 0 Å². The molecule has 0 amide bonds. The summed E-state index contributed by atoms with van der Waals surface area (Å²) >= 11 is 6.55. The van der Waals surface area contributed by atoms with E-state index >= 15 is 0 Å². The van der Waals surface area contributed by atoms with E-state index in [1.165, 1.54) is 33.2 Å². The number of halogens is 1. The molecule has 0 radical (unpaired) electrons. The number of fused-ring (bicyclic) bond motifs is 6. The SMILES string of the molecule is COc1ccc2c(c1OC)CN1CCc3cc4c(cc3C1C2CCc1ccc(Cl)c2ccccc12)OCO4. The molecule has 3 aliphatic rings. The Morgan fingerprint density at radius 1 is 0.921 bits per heavy atom. The zero-order chi connectivity index (χ0) is 25.8. The van der Waals surface area contributed by atoms with Gasteiger partial charge in [-0.05, 0) is 71.2 Å². The Labute approximate surface area is 227 Å². The van der Waals surface area contributed by atoms with Crippen molar-refractivity contribution >= 4 is 22.4 Å². The highest BCUT2D eigenvalue weighted by Gasteiger charge is 2.41. The van der Waals surface area contributed by atoms with Crippen LogP contribution in [-0.2, 0) is 19.4 Å². The van der Waals surface area contributed by atoms with E-state index in [0.717, 1.165) is 65.8 Å². The summed E-state index contributed by atoms with van der Waals surface area (Å²) in [5.41, 5.74) is 6.62. The molecular weight excluding hydrogens is 498 g/mol. The molecule has 0 spiro atoms. The highest BCUT2D eigenvalue weighted by atomic mass is 35.5. The number of nitrogens with zero attached hydrogens (tertiary/aromatic N) is 1. The fourth-order valence-electron chi connectivity index (χ4n) is 6.80. The van der Waals surface area contributed by atoms with Gasteiger partial charge in [0.05, 0.1) is 14.2 Å². The highest BCUT2D eigenvalue weighted by Crippen LogP contribution is 2.53. The van der Waals surface area contributed by atoms with E-state index in [9.17, 15) is 0 Å². The van der Waals surface area contributed by atoms with E-state index in [2.05, 4.69) is 59.5 Å². The first-order valence-corrected chi connectivity index (χ1v) is 13.6. The van der Waals surface area contributed by atoms with Gasteiger partial charge in [0.25, 0.3) is 0 Å². The Kier molecular flexibility index (Phi) is 5.86. The van der Waals surface area contributed by atoms with Gasteiger partial charge in [-0.3, -0.25) is 4.90 Å². The lowest BCUT2D eigenvalue weighted by molar-refractivity contribution is 0.127. The summed E-state index contributed by atoms with van der Waals surface area (Å²) in [6, 6.07) is 21.6. The van der Waals surface area contributed by atoms with Gasteiger partial charge in [0, 0.05) is 41.0 Å². The van der Waals surface area contributed by atoms with Crippen LogP contribution >= 0.6 is 11.6 Å². The Morgan fingerprint density at radius 2 is 1.74 bits per heavy atom. The maximum Gasteiger partial charge on any atom is 0.231 e. The van der Waals surface area contributed by atoms with Gasteiger partial charge in [0.15, 0.2) is 23.0 Å². The molecule has 7 rings (SSSR count). The minimum atomic E-state index is 0.248. The molecule has 2 atom stereocenters. The third kappa shape index (κ3) is 3.71. The number of rotatable bonds is 5. The summed E-state index contributed by atoms with van der Waals surface area (Å²) < 4.78 is 23.1. The molecule has 0 saturated heterocycles. The van der Waals surface area contributed by atoms with Crippen molar-refractivity contribution in [2.75, 3.05) is 27.6 Å². The molecule has 38 heavy (non-hydrogen) atoms. The lowest BCUT2D eigenvalue weighted by Gasteiger charge is -2.46. The van der Waals surface area contributed by atoms with Crippen molar-refractivity contribution in [3.63, 3.8) is 0 Å². The normalized spacial score (nSPS) is 19.6. The first kappa shape index (κ1) is 23.7. The van der Waals surface area contributed by atoms with Crippen LogP contribution in [0.3, 0.4) is 0 Å². The number of aryl methyl sites for hydroxylation is 1. The average molecular weight is 528 g/mol. The Hall–Kier alpha value is -3.41. The zero-order valence-corrected chi connectivity index (χ0v) is 22.4. The fraction of sp³-hybridized carbons (Fsp3) is 0.312. The Bertz CT molecular complexity index is 1550. The molecule has 0 saturated carbocycles. The second kappa shape index (κ2) is 9.40. The van der Waals surface area contributed by atoms with E-state index in [4.69, 9.17) is 30.5 Å². The van der Waals surface area contributed by atoms with E-state index < -0.39 is 0 Å². The van der Waals surface area contributed by atoms with Crippen LogP contribution in [0.15, 0.2) is 60.7 Å². The number of ether oxygens (including phenoxy) is 4. The quantitative estimate of drug-likeness (QED) is 0.277. The molecule has 5 nitrogen and oxygen atoms in total. The molecule has 3 heterocycles. The maximum atomic E-state index is 6.55. The first-order chi connectivity index (χ1) is 18.7. The van der Waals surface area contributed by atoms with Gasteiger partial charge < -0.3 is 18.9 Å². The predicted octanol–water partition coefficient (Wildman–Crippen LogP) is 7.07. The monoisotopic (exact) mass is 527 g/mol. The summed E-state index contributed by atoms with van der Waals surface area (Å²) in [5.74, 6) is 3.62. The lowest BCUT2D eigenvalue weighted by Crippen LogP contribution is -2.42. The minimum Gasteiger partial charge on any atom is -0.493 e. The van der Waals surface area contributed by atoms with Crippen molar-refractivity contribution in [1.82, 2.24) is 4.90 Å². The van der Waals surface area contributed by atoms with Crippen LogP contribution in [0.5, 0.6) is 23.0 Å². The molecular formula is C32H30ClNO4. The number of hydrogen-bond acceptors (Lipinski definition) is 5. The highest BCUT2D eigenvalue weighted by molar-refractivity contribution is 6.35. The molecule has 6 heteroatoms. The topological polar surface area (TPSA) is 40.2 Å². The predicted molar refractivity (Wildman–Crippen MR) is 149 cm³/mol. The maximum absolute atomic E-state index is 6.55. The zero-order valence-electron chi connectivity index (χ0n) is 21.6. The van der Waals surface area contributed by atoms with Gasteiger partial charge in [-0.1, -0.05) is 48.0 Å². The third-order valence-corrected chi connectivity index (χ3v) is 8.86. The van der Waals surface area contributed by atoms with Gasteiger partial charge in [-0.2, -0.15) is 0 Å². The standard InChI is InChI=1S/C32H30ClNO4/c1-35-28-12-10-22-24(9-7-19-8-11-27(33)23-6-4-3-5-21(19)23)31-25-16-30-29(37-18-38-30)15-20(25)13-14-34(31)17-26(22)32(28)36-2/h3-6,8,10-12,15-16,24,31H,7,9,13-14,17-18H2,1-2H3. The summed E-state index contributed by atoms with van der Waals surface area (Å²) in [6.07, 6.45) is 2.92. The van der Waals surface area contributed by atoms with Gasteiger partial charge in [-0.25, -0.2) is 0 Å². The van der Waals surface area contributed by atoms with Crippen LogP contribution < -0.4 is 18.9 Å². The van der Waals surface area contributed by atoms with Crippen molar-refractivity contribution in [1.29, 1.82) is 0 Å². The molecule has 0 aromatic heterocycles. The molecule has 194 valence electrons. The van der Waals surface area contributed by atoms with Crippen LogP contribution in [-0.4, -0.2) is 32.5 Å². The van der Waals surface area contributed by atoms with E-state index in [1.54, 1.807) is 14.2 Å². The fourth-order valence-corrected chi connectivity index (χ4v) is 7.02. The first-order valence-electron chi connectivity index (χ1n) is 13.2. The number of hydrogen-bond donors (Lipinski definition) is 0. The van der Waals surface area contributed by atoms with Crippen molar-refractivity contribution in [3.8, 4) is 23.0 Å². The van der Waals surface area contributed by atoms with Gasteiger partial charge in [-0.15, -0.1) is 0 Å². The van der Waals surface area contributed by atoms with Crippen LogP contribution in [0.1, 0.15) is 46.2 Å². The summed E-state index contributed by atoms with van der Waals surface area (Å²) in [7, 11) is 3.45. The van der Waals surface area contributed by atoms with E-state index in [1.807, 2.05) is 6.07 Å². The molecule has 4 aromatic carbocycles. The summed E-state index contributed by atoms with van der Waals surface area (Å²) in [6.45, 7) is 2.10. The molecule has 0 fully saturated rings. The van der Waals surface area contributed by atoms with Crippen LogP contribution in [0, 0.1) is 0 Å². The van der Waals surface area contributed by atoms with Crippen molar-refractivity contribution in [3.05, 3.63) is 93.5 Å². The summed E-state index contributed by atoms with van der Waals surface area (Å²) in [4.78, 5) is 2.61. The third-order valence-electron chi connectivity index (χ3n) is 8.53. The summed E-state index contributed by atoms with van der Waals surface area (Å²) in [5, 5.41) is 3.14. The lowest BCUT2D eigenvalue weighted by atomic mass is 9.74. The van der Waals surface area contributed by atoms with Gasteiger partial charge in [0.2, 0.25) is 6.79 Å². The average Bonchev–Trinajstić information content (AvgIpc) is 3.42. The van der Waals surface area contributed by atoms with Gasteiger partial charge >= 0.3 is 0 Å². The van der Waals surface area contributed by atoms with Crippen molar-refractivity contribution in [2.24, 2.45) is 0 Å². The van der Waals surface area contributed by atoms with Crippen LogP contribution in [0.2, 0.25) is 5.02 Å². The van der Waals surface area contributed by atoms with Crippen LogP contribution in [0.25, 0.3) is 10.8 Å². The molecule has 3 aliphatic heterocycles. The largest absolute Gasteiger partial charge is 0.493 e. The molecule has 2 unspecified atom stereocenters. The Morgan fingerprint density at radius 3 is 2.55 bits per heavy atom. The molecule has 4 aromatic rings. The van der Waals surface area contributed by atoms with Crippen LogP contribution in [0.4, 0.5) is 0 Å².